The van der Waals surface area contributed by atoms with Gasteiger partial charge >= 0.3 is 0 Å². The molecule has 0 radical (unpaired) electrons. The van der Waals surface area contributed by atoms with Crippen molar-refractivity contribution in [2.45, 2.75) is 6.04 Å². The Balaban J connectivity index is 2.31. The lowest BCUT2D eigenvalue weighted by Gasteiger charge is -2.15. The molecule has 0 amide bonds. The molecule has 0 bridgehead atoms. The monoisotopic (exact) mass is 265 g/mol. The number of rotatable bonds is 3. The Hall–Kier alpha value is -1.13. The minimum atomic E-state index is 0.119. The zero-order chi connectivity index (χ0) is 10.7. The van der Waals surface area contributed by atoms with Gasteiger partial charge in [0.2, 0.25) is 0 Å². The SMILES string of the molecule is NCC(c1ccc(Br)cc1)n1cccn1. The minimum absolute atomic E-state index is 0.119. The van der Waals surface area contributed by atoms with Crippen LogP contribution >= 0.6 is 15.9 Å². The van der Waals surface area contributed by atoms with E-state index in [4.69, 9.17) is 5.73 Å². The number of hydrogen-bond acceptors (Lipinski definition) is 2. The van der Waals surface area contributed by atoms with E-state index in [-0.39, 0.29) is 6.04 Å². The predicted octanol–water partition coefficient (Wildman–Crippen LogP) is 2.19. The highest BCUT2D eigenvalue weighted by Crippen LogP contribution is 2.18. The first kappa shape index (κ1) is 10.4. The second-order valence-corrected chi connectivity index (χ2v) is 4.20. The summed E-state index contributed by atoms with van der Waals surface area (Å²) in [5.74, 6) is 0. The van der Waals surface area contributed by atoms with E-state index in [0.717, 1.165) is 4.47 Å². The van der Waals surface area contributed by atoms with Crippen LogP contribution in [0.2, 0.25) is 0 Å². The molecule has 1 aromatic heterocycles. The van der Waals surface area contributed by atoms with Crippen LogP contribution in [-0.2, 0) is 0 Å². The second-order valence-electron chi connectivity index (χ2n) is 3.29. The summed E-state index contributed by atoms with van der Waals surface area (Å²) in [6, 6.07) is 10.2. The Bertz CT molecular complexity index is 408. The number of nitrogens with two attached hydrogens (primary N) is 1. The molecule has 4 heteroatoms. The van der Waals surface area contributed by atoms with Crippen LogP contribution in [0.15, 0.2) is 47.2 Å². The Kier molecular flexibility index (Phi) is 3.18. The van der Waals surface area contributed by atoms with Crippen molar-refractivity contribution in [3.8, 4) is 0 Å². The summed E-state index contributed by atoms with van der Waals surface area (Å²) in [6.07, 6.45) is 3.70. The van der Waals surface area contributed by atoms with Crippen molar-refractivity contribution >= 4 is 15.9 Å². The molecule has 2 N–H and O–H groups in total. The lowest BCUT2D eigenvalue weighted by atomic mass is 10.1. The molecule has 1 atom stereocenters. The van der Waals surface area contributed by atoms with Gasteiger partial charge in [0.05, 0.1) is 6.04 Å². The van der Waals surface area contributed by atoms with Crippen molar-refractivity contribution in [3.63, 3.8) is 0 Å². The summed E-state index contributed by atoms with van der Waals surface area (Å²) < 4.78 is 2.95. The molecule has 0 aliphatic carbocycles. The average Bonchev–Trinajstić information content (AvgIpc) is 2.75. The second kappa shape index (κ2) is 4.59. The van der Waals surface area contributed by atoms with Crippen LogP contribution in [0.1, 0.15) is 11.6 Å². The van der Waals surface area contributed by atoms with Gasteiger partial charge in [-0.25, -0.2) is 0 Å². The van der Waals surface area contributed by atoms with Gasteiger partial charge in [0.1, 0.15) is 0 Å². The number of benzene rings is 1. The third kappa shape index (κ3) is 2.27. The molecule has 0 aliphatic heterocycles. The van der Waals surface area contributed by atoms with Crippen molar-refractivity contribution in [3.05, 3.63) is 52.8 Å². The van der Waals surface area contributed by atoms with Crippen LogP contribution in [-0.4, -0.2) is 16.3 Å². The van der Waals surface area contributed by atoms with E-state index in [1.807, 2.05) is 29.1 Å². The summed E-state index contributed by atoms with van der Waals surface area (Å²) in [5.41, 5.74) is 6.93. The molecule has 1 unspecified atom stereocenters. The third-order valence-corrected chi connectivity index (χ3v) is 2.85. The largest absolute Gasteiger partial charge is 0.328 e. The highest BCUT2D eigenvalue weighted by Gasteiger charge is 2.11. The molecular weight excluding hydrogens is 254 g/mol. The van der Waals surface area contributed by atoms with Crippen molar-refractivity contribution in [1.29, 1.82) is 0 Å². The predicted molar refractivity (Wildman–Crippen MR) is 63.6 cm³/mol. The zero-order valence-electron chi connectivity index (χ0n) is 8.18. The minimum Gasteiger partial charge on any atom is -0.328 e. The van der Waals surface area contributed by atoms with Gasteiger partial charge in [0.15, 0.2) is 0 Å². The van der Waals surface area contributed by atoms with E-state index in [2.05, 4.69) is 33.2 Å². The van der Waals surface area contributed by atoms with Gasteiger partial charge in [0.25, 0.3) is 0 Å². The van der Waals surface area contributed by atoms with Crippen LogP contribution in [0.4, 0.5) is 0 Å². The molecule has 3 nitrogen and oxygen atoms in total. The summed E-state index contributed by atoms with van der Waals surface area (Å²) in [5, 5.41) is 4.21. The van der Waals surface area contributed by atoms with Gasteiger partial charge in [-0.05, 0) is 23.8 Å². The third-order valence-electron chi connectivity index (χ3n) is 2.32. The summed E-state index contributed by atoms with van der Waals surface area (Å²) in [6.45, 7) is 0.545. The smallest absolute Gasteiger partial charge is 0.0890 e. The first-order valence-corrected chi connectivity index (χ1v) is 5.55. The van der Waals surface area contributed by atoms with Crippen molar-refractivity contribution in [1.82, 2.24) is 9.78 Å². The molecule has 2 aromatic rings. The quantitative estimate of drug-likeness (QED) is 0.925. The lowest BCUT2D eigenvalue weighted by Crippen LogP contribution is -2.20. The van der Waals surface area contributed by atoms with E-state index in [1.54, 1.807) is 6.20 Å². The molecule has 0 spiro atoms. The van der Waals surface area contributed by atoms with Crippen molar-refractivity contribution in [2.75, 3.05) is 6.54 Å². The zero-order valence-corrected chi connectivity index (χ0v) is 9.76. The Morgan fingerprint density at radius 1 is 1.33 bits per heavy atom. The van der Waals surface area contributed by atoms with Crippen molar-refractivity contribution in [2.24, 2.45) is 5.73 Å². The number of nitrogens with zero attached hydrogens (tertiary/aromatic N) is 2. The molecule has 1 aromatic carbocycles. The number of aromatic nitrogens is 2. The fraction of sp³-hybridized carbons (Fsp3) is 0.182. The maximum absolute atomic E-state index is 5.76. The molecule has 0 saturated heterocycles. The maximum Gasteiger partial charge on any atom is 0.0890 e. The van der Waals surface area contributed by atoms with E-state index >= 15 is 0 Å². The Morgan fingerprint density at radius 2 is 2.07 bits per heavy atom. The molecule has 0 fully saturated rings. The van der Waals surface area contributed by atoms with Crippen LogP contribution < -0.4 is 5.73 Å². The molecule has 78 valence electrons. The lowest BCUT2D eigenvalue weighted by molar-refractivity contribution is 0.532. The maximum atomic E-state index is 5.76. The molecule has 15 heavy (non-hydrogen) atoms. The van der Waals surface area contributed by atoms with Gasteiger partial charge < -0.3 is 5.73 Å². The van der Waals surface area contributed by atoms with Gasteiger partial charge in [0, 0.05) is 23.4 Å². The first-order chi connectivity index (χ1) is 7.31. The van der Waals surface area contributed by atoms with Crippen LogP contribution in [0, 0.1) is 0 Å². The normalized spacial score (nSPS) is 12.7. The Morgan fingerprint density at radius 3 is 2.60 bits per heavy atom. The molecule has 0 aliphatic rings. The standard InChI is InChI=1S/C11H12BrN3/c12-10-4-2-9(3-5-10)11(8-13)15-7-1-6-14-15/h1-7,11H,8,13H2. The van der Waals surface area contributed by atoms with Gasteiger partial charge in [-0.1, -0.05) is 28.1 Å². The highest BCUT2D eigenvalue weighted by molar-refractivity contribution is 9.10. The van der Waals surface area contributed by atoms with Crippen LogP contribution in [0.25, 0.3) is 0 Å². The summed E-state index contributed by atoms with van der Waals surface area (Å²) in [4.78, 5) is 0. The molecule has 2 rings (SSSR count). The number of halogens is 1. The first-order valence-electron chi connectivity index (χ1n) is 4.76. The van der Waals surface area contributed by atoms with E-state index in [0.29, 0.717) is 6.54 Å². The van der Waals surface area contributed by atoms with Gasteiger partial charge in [-0.15, -0.1) is 0 Å². The fourth-order valence-corrected chi connectivity index (χ4v) is 1.81. The van der Waals surface area contributed by atoms with E-state index in [9.17, 15) is 0 Å². The van der Waals surface area contributed by atoms with Gasteiger partial charge in [-0.2, -0.15) is 5.10 Å². The van der Waals surface area contributed by atoms with Crippen molar-refractivity contribution < 1.29 is 0 Å². The van der Waals surface area contributed by atoms with Crippen LogP contribution in [0.3, 0.4) is 0 Å². The highest BCUT2D eigenvalue weighted by atomic mass is 79.9. The number of hydrogen-bond donors (Lipinski definition) is 1. The molecular formula is C11H12BrN3. The fourth-order valence-electron chi connectivity index (χ4n) is 1.55. The molecule has 0 saturated carbocycles. The van der Waals surface area contributed by atoms with E-state index in [1.165, 1.54) is 5.56 Å². The molecule has 1 heterocycles. The topological polar surface area (TPSA) is 43.8 Å². The van der Waals surface area contributed by atoms with Gasteiger partial charge in [-0.3, -0.25) is 4.68 Å². The summed E-state index contributed by atoms with van der Waals surface area (Å²) >= 11 is 3.41. The van der Waals surface area contributed by atoms with Crippen LogP contribution in [0.5, 0.6) is 0 Å². The average molecular weight is 266 g/mol. The van der Waals surface area contributed by atoms with E-state index < -0.39 is 0 Å². The Labute approximate surface area is 97.0 Å². The summed E-state index contributed by atoms with van der Waals surface area (Å²) in [7, 11) is 0.